The first-order valence-corrected chi connectivity index (χ1v) is 9.18. The number of hydrogen-bond acceptors (Lipinski definition) is 4. The van der Waals surface area contributed by atoms with Crippen molar-refractivity contribution < 1.29 is 19.4 Å². The number of phenols is 1. The standard InChI is InChI=1S/C21H24N2O4/c24-19-11-5-4-10-18(19)22-21(26)16-7-6-13-23(15-16)20(25)12-14-27-17-8-2-1-3-9-17/h1-5,8-11,16,24H,6-7,12-15H2,(H,22,26). The third-order valence-corrected chi connectivity index (χ3v) is 4.63. The normalized spacial score (nSPS) is 16.6. The van der Waals surface area contributed by atoms with Crippen LogP contribution < -0.4 is 10.1 Å². The average Bonchev–Trinajstić information content (AvgIpc) is 2.70. The summed E-state index contributed by atoms with van der Waals surface area (Å²) in [5.41, 5.74) is 0.391. The van der Waals surface area contributed by atoms with Crippen molar-refractivity contribution in [1.82, 2.24) is 4.90 Å². The van der Waals surface area contributed by atoms with E-state index in [1.54, 1.807) is 23.1 Å². The van der Waals surface area contributed by atoms with E-state index in [-0.39, 0.29) is 29.9 Å². The van der Waals surface area contributed by atoms with Crippen LogP contribution in [0, 0.1) is 5.92 Å². The van der Waals surface area contributed by atoms with Gasteiger partial charge in [0.2, 0.25) is 11.8 Å². The van der Waals surface area contributed by atoms with Crippen molar-refractivity contribution in [2.75, 3.05) is 25.0 Å². The highest BCUT2D eigenvalue weighted by molar-refractivity contribution is 5.94. The molecule has 3 rings (SSSR count). The highest BCUT2D eigenvalue weighted by Gasteiger charge is 2.28. The summed E-state index contributed by atoms with van der Waals surface area (Å²) in [5.74, 6) is 0.314. The number of carbonyl (C=O) groups excluding carboxylic acids is 2. The lowest BCUT2D eigenvalue weighted by molar-refractivity contribution is -0.135. The number of nitrogens with zero attached hydrogens (tertiary/aromatic N) is 1. The predicted molar refractivity (Wildman–Crippen MR) is 103 cm³/mol. The van der Waals surface area contributed by atoms with Crippen LogP contribution in [0.15, 0.2) is 54.6 Å². The predicted octanol–water partition coefficient (Wildman–Crippen LogP) is 3.04. The summed E-state index contributed by atoms with van der Waals surface area (Å²) in [4.78, 5) is 26.7. The van der Waals surface area contributed by atoms with Gasteiger partial charge in [0.25, 0.3) is 0 Å². The molecular weight excluding hydrogens is 344 g/mol. The number of phenolic OH excluding ortho intramolecular Hbond substituents is 1. The Hall–Kier alpha value is -3.02. The van der Waals surface area contributed by atoms with Gasteiger partial charge in [-0.05, 0) is 37.1 Å². The van der Waals surface area contributed by atoms with E-state index in [1.807, 2.05) is 30.3 Å². The number of amides is 2. The number of piperidine rings is 1. The number of likely N-dealkylation sites (tertiary alicyclic amines) is 1. The lowest BCUT2D eigenvalue weighted by Crippen LogP contribution is -2.44. The van der Waals surface area contributed by atoms with Crippen molar-refractivity contribution in [3.05, 3.63) is 54.6 Å². The molecule has 2 amide bonds. The maximum atomic E-state index is 12.5. The van der Waals surface area contributed by atoms with Crippen molar-refractivity contribution >= 4 is 17.5 Å². The highest BCUT2D eigenvalue weighted by Crippen LogP contribution is 2.24. The zero-order chi connectivity index (χ0) is 19.1. The van der Waals surface area contributed by atoms with Crippen molar-refractivity contribution in [3.63, 3.8) is 0 Å². The van der Waals surface area contributed by atoms with Crippen LogP contribution in [0.3, 0.4) is 0 Å². The van der Waals surface area contributed by atoms with E-state index in [2.05, 4.69) is 5.32 Å². The van der Waals surface area contributed by atoms with E-state index in [0.717, 1.165) is 18.6 Å². The van der Waals surface area contributed by atoms with Crippen LogP contribution in [0.5, 0.6) is 11.5 Å². The fourth-order valence-electron chi connectivity index (χ4n) is 3.16. The Balaban J connectivity index is 1.48. The van der Waals surface area contributed by atoms with Crippen LogP contribution in [0.4, 0.5) is 5.69 Å². The molecule has 6 nitrogen and oxygen atoms in total. The molecule has 0 bridgehead atoms. The van der Waals surface area contributed by atoms with E-state index < -0.39 is 0 Å². The molecule has 0 aromatic heterocycles. The molecule has 0 saturated carbocycles. The number of anilines is 1. The van der Waals surface area contributed by atoms with Gasteiger partial charge in [-0.25, -0.2) is 0 Å². The van der Waals surface area contributed by atoms with Crippen LogP contribution in [-0.2, 0) is 9.59 Å². The molecule has 1 atom stereocenters. The second kappa shape index (κ2) is 9.07. The maximum Gasteiger partial charge on any atom is 0.229 e. The smallest absolute Gasteiger partial charge is 0.229 e. The first-order valence-electron chi connectivity index (χ1n) is 9.18. The second-order valence-electron chi connectivity index (χ2n) is 6.60. The van der Waals surface area contributed by atoms with Crippen LogP contribution in [0.2, 0.25) is 0 Å². The van der Waals surface area contributed by atoms with E-state index in [4.69, 9.17) is 4.74 Å². The van der Waals surface area contributed by atoms with E-state index in [0.29, 0.717) is 25.4 Å². The molecule has 0 radical (unpaired) electrons. The number of benzene rings is 2. The summed E-state index contributed by atoms with van der Waals surface area (Å²) < 4.78 is 5.58. The highest BCUT2D eigenvalue weighted by atomic mass is 16.5. The van der Waals surface area contributed by atoms with Crippen molar-refractivity contribution in [2.45, 2.75) is 19.3 Å². The van der Waals surface area contributed by atoms with Crippen LogP contribution >= 0.6 is 0 Å². The molecule has 27 heavy (non-hydrogen) atoms. The third-order valence-electron chi connectivity index (χ3n) is 4.63. The molecule has 0 spiro atoms. The van der Waals surface area contributed by atoms with Gasteiger partial charge in [0.05, 0.1) is 24.6 Å². The Labute approximate surface area is 158 Å². The molecule has 1 aliphatic rings. The van der Waals surface area contributed by atoms with Crippen LogP contribution in [0.25, 0.3) is 0 Å². The maximum absolute atomic E-state index is 12.5. The Morgan fingerprint density at radius 3 is 2.63 bits per heavy atom. The van der Waals surface area contributed by atoms with Crippen molar-refractivity contribution in [2.24, 2.45) is 5.92 Å². The molecule has 1 fully saturated rings. The molecule has 1 aliphatic heterocycles. The summed E-state index contributed by atoms with van der Waals surface area (Å²) in [7, 11) is 0. The summed E-state index contributed by atoms with van der Waals surface area (Å²) in [6.07, 6.45) is 1.79. The molecule has 142 valence electrons. The van der Waals surface area contributed by atoms with E-state index in [1.165, 1.54) is 6.07 Å². The molecule has 1 saturated heterocycles. The Kier molecular flexibility index (Phi) is 6.30. The third kappa shape index (κ3) is 5.23. The fraction of sp³-hybridized carbons (Fsp3) is 0.333. The lowest BCUT2D eigenvalue weighted by Gasteiger charge is -2.32. The summed E-state index contributed by atoms with van der Waals surface area (Å²) >= 11 is 0. The van der Waals surface area contributed by atoms with Gasteiger partial charge in [0.15, 0.2) is 0 Å². The summed E-state index contributed by atoms with van der Waals surface area (Å²) in [6, 6.07) is 16.0. The molecular formula is C21H24N2O4. The zero-order valence-electron chi connectivity index (χ0n) is 15.1. The van der Waals surface area contributed by atoms with E-state index >= 15 is 0 Å². The monoisotopic (exact) mass is 368 g/mol. The molecule has 1 heterocycles. The first kappa shape index (κ1) is 18.8. The molecule has 2 N–H and O–H groups in total. The van der Waals surface area contributed by atoms with Gasteiger partial charge in [-0.1, -0.05) is 30.3 Å². The minimum atomic E-state index is -0.280. The molecule has 1 unspecified atom stereocenters. The number of nitrogens with one attached hydrogen (secondary N) is 1. The Morgan fingerprint density at radius 1 is 1.11 bits per heavy atom. The van der Waals surface area contributed by atoms with Gasteiger partial charge < -0.3 is 20.1 Å². The summed E-state index contributed by atoms with van der Waals surface area (Å²) in [5, 5.41) is 12.5. The topological polar surface area (TPSA) is 78.9 Å². The molecule has 6 heteroatoms. The van der Waals surface area contributed by atoms with Gasteiger partial charge in [0, 0.05) is 13.1 Å². The Bertz CT molecular complexity index is 779. The molecule has 2 aromatic rings. The lowest BCUT2D eigenvalue weighted by atomic mass is 9.96. The van der Waals surface area contributed by atoms with Gasteiger partial charge >= 0.3 is 0 Å². The van der Waals surface area contributed by atoms with Crippen LogP contribution in [0.1, 0.15) is 19.3 Å². The largest absolute Gasteiger partial charge is 0.506 e. The van der Waals surface area contributed by atoms with Crippen LogP contribution in [-0.4, -0.2) is 41.5 Å². The second-order valence-corrected chi connectivity index (χ2v) is 6.60. The quantitative estimate of drug-likeness (QED) is 0.768. The number of ether oxygens (including phenoxy) is 1. The molecule has 0 aliphatic carbocycles. The van der Waals surface area contributed by atoms with Gasteiger partial charge in [0.1, 0.15) is 11.5 Å². The number of hydrogen-bond donors (Lipinski definition) is 2. The zero-order valence-corrected chi connectivity index (χ0v) is 15.1. The van der Waals surface area contributed by atoms with Crippen molar-refractivity contribution in [1.29, 1.82) is 0 Å². The average molecular weight is 368 g/mol. The number of aromatic hydroxyl groups is 1. The fourth-order valence-corrected chi connectivity index (χ4v) is 3.16. The molecule has 2 aromatic carbocycles. The minimum Gasteiger partial charge on any atom is -0.506 e. The SMILES string of the molecule is O=C(Nc1ccccc1O)C1CCCN(C(=O)CCOc2ccccc2)C1. The van der Waals surface area contributed by atoms with Gasteiger partial charge in [-0.3, -0.25) is 9.59 Å². The first-order chi connectivity index (χ1) is 13.1. The summed E-state index contributed by atoms with van der Waals surface area (Å²) in [6.45, 7) is 1.36. The van der Waals surface area contributed by atoms with Gasteiger partial charge in [-0.2, -0.15) is 0 Å². The van der Waals surface area contributed by atoms with Crippen molar-refractivity contribution in [3.8, 4) is 11.5 Å². The Morgan fingerprint density at radius 2 is 1.85 bits per heavy atom. The number of rotatable bonds is 6. The van der Waals surface area contributed by atoms with Gasteiger partial charge in [-0.15, -0.1) is 0 Å². The number of para-hydroxylation sites is 3. The van der Waals surface area contributed by atoms with E-state index in [9.17, 15) is 14.7 Å². The minimum absolute atomic E-state index is 0.00834. The number of carbonyl (C=O) groups is 2.